The summed E-state index contributed by atoms with van der Waals surface area (Å²) >= 11 is 12.3. The molecule has 2 amide bonds. The molecule has 1 aliphatic heterocycles. The molecule has 2 aromatic carbocycles. The van der Waals surface area contributed by atoms with E-state index in [2.05, 4.69) is 10.6 Å². The molecule has 1 heterocycles. The number of carbonyl (C=O) groups is 2. The molecule has 160 valence electrons. The fourth-order valence-corrected chi connectivity index (χ4v) is 5.42. The van der Waals surface area contributed by atoms with E-state index in [9.17, 15) is 18.0 Å². The topological polar surface area (TPSA) is 95.6 Å². The third kappa shape index (κ3) is 5.13. The van der Waals surface area contributed by atoms with Gasteiger partial charge in [0.15, 0.2) is 0 Å². The highest BCUT2D eigenvalue weighted by Gasteiger charge is 2.28. The number of carbonyl (C=O) groups excluding carboxylic acids is 2. The van der Waals surface area contributed by atoms with Crippen molar-refractivity contribution in [2.45, 2.75) is 31.1 Å². The van der Waals surface area contributed by atoms with Crippen molar-refractivity contribution < 1.29 is 18.0 Å². The number of piperidine rings is 1. The lowest BCUT2D eigenvalue weighted by atomic mass is 10.2. The molecule has 0 radical (unpaired) electrons. The molecule has 0 atom stereocenters. The number of anilines is 2. The number of nitrogens with zero attached hydrogens (tertiary/aromatic N) is 1. The molecule has 30 heavy (non-hydrogen) atoms. The van der Waals surface area contributed by atoms with E-state index in [0.717, 1.165) is 19.3 Å². The van der Waals surface area contributed by atoms with Gasteiger partial charge in [0.05, 0.1) is 15.7 Å². The number of nitrogens with one attached hydrogen (secondary N) is 2. The van der Waals surface area contributed by atoms with E-state index >= 15 is 0 Å². The Hall–Kier alpha value is -2.13. The highest BCUT2D eigenvalue weighted by Crippen LogP contribution is 2.29. The molecule has 0 aliphatic carbocycles. The summed E-state index contributed by atoms with van der Waals surface area (Å²) in [7, 11) is -3.79. The second-order valence-corrected chi connectivity index (χ2v) is 9.66. The largest absolute Gasteiger partial charge is 0.326 e. The van der Waals surface area contributed by atoms with E-state index in [1.165, 1.54) is 35.5 Å². The molecular formula is C20H21Cl2N3O4S. The summed E-state index contributed by atoms with van der Waals surface area (Å²) < 4.78 is 27.3. The number of sulfonamides is 1. The van der Waals surface area contributed by atoms with E-state index in [0.29, 0.717) is 24.5 Å². The number of halogens is 2. The van der Waals surface area contributed by atoms with Crippen molar-refractivity contribution in [2.75, 3.05) is 23.7 Å². The van der Waals surface area contributed by atoms with Crippen LogP contribution in [0.15, 0.2) is 41.3 Å². The Morgan fingerprint density at radius 2 is 1.63 bits per heavy atom. The van der Waals surface area contributed by atoms with E-state index < -0.39 is 15.9 Å². The number of rotatable bonds is 5. The Labute approximate surface area is 185 Å². The SMILES string of the molecule is CC(=O)Nc1ccc(NC(=O)c2ccc(Cl)c(S(=O)(=O)N3CCCCC3)c2)c(Cl)c1. The number of benzene rings is 2. The highest BCUT2D eigenvalue weighted by molar-refractivity contribution is 7.89. The zero-order chi connectivity index (χ0) is 21.9. The van der Waals surface area contributed by atoms with E-state index in [1.807, 2.05) is 0 Å². The van der Waals surface area contributed by atoms with Crippen molar-refractivity contribution in [3.63, 3.8) is 0 Å². The van der Waals surface area contributed by atoms with Crippen molar-refractivity contribution in [3.05, 3.63) is 52.0 Å². The summed E-state index contributed by atoms with van der Waals surface area (Å²) in [5, 5.41) is 5.54. The second-order valence-electron chi connectivity index (χ2n) is 6.94. The smallest absolute Gasteiger partial charge is 0.255 e. The quantitative estimate of drug-likeness (QED) is 0.678. The van der Waals surface area contributed by atoms with Gasteiger partial charge in [-0.1, -0.05) is 29.6 Å². The number of amides is 2. The van der Waals surface area contributed by atoms with Gasteiger partial charge in [-0.25, -0.2) is 8.42 Å². The van der Waals surface area contributed by atoms with Gasteiger partial charge >= 0.3 is 0 Å². The standard InChI is InChI=1S/C20H21Cl2N3O4S/c1-13(26)23-15-6-8-18(17(22)12-15)24-20(27)14-5-7-16(21)19(11-14)30(28,29)25-9-3-2-4-10-25/h5-8,11-12H,2-4,9-10H2,1H3,(H,23,26)(H,24,27). The molecule has 3 rings (SSSR count). The van der Waals surface area contributed by atoms with E-state index in [4.69, 9.17) is 23.2 Å². The first-order valence-electron chi connectivity index (χ1n) is 9.36. The molecule has 10 heteroatoms. The lowest BCUT2D eigenvalue weighted by Gasteiger charge is -2.26. The average molecular weight is 470 g/mol. The van der Waals surface area contributed by atoms with Crippen LogP contribution in [0.3, 0.4) is 0 Å². The van der Waals surface area contributed by atoms with Gasteiger partial charge in [-0.2, -0.15) is 4.31 Å². The molecule has 7 nitrogen and oxygen atoms in total. The van der Waals surface area contributed by atoms with Crippen molar-refractivity contribution >= 4 is 56.4 Å². The Morgan fingerprint density at radius 1 is 0.933 bits per heavy atom. The van der Waals surface area contributed by atoms with Crippen molar-refractivity contribution in [2.24, 2.45) is 0 Å². The molecule has 0 unspecified atom stereocenters. The maximum atomic E-state index is 13.0. The van der Waals surface area contributed by atoms with Crippen LogP contribution < -0.4 is 10.6 Å². The first-order chi connectivity index (χ1) is 14.2. The maximum Gasteiger partial charge on any atom is 0.255 e. The first-order valence-corrected chi connectivity index (χ1v) is 11.6. The van der Waals surface area contributed by atoms with Gasteiger partial charge in [0.1, 0.15) is 4.90 Å². The lowest BCUT2D eigenvalue weighted by molar-refractivity contribution is -0.114. The predicted molar refractivity (Wildman–Crippen MR) is 118 cm³/mol. The highest BCUT2D eigenvalue weighted by atomic mass is 35.5. The minimum Gasteiger partial charge on any atom is -0.326 e. The van der Waals surface area contributed by atoms with Crippen LogP contribution in [0.4, 0.5) is 11.4 Å². The van der Waals surface area contributed by atoms with Crippen LogP contribution in [0.5, 0.6) is 0 Å². The predicted octanol–water partition coefficient (Wildman–Crippen LogP) is 4.38. The molecule has 2 aromatic rings. The van der Waals surface area contributed by atoms with Gasteiger partial charge in [-0.05, 0) is 49.2 Å². The molecule has 0 spiro atoms. The Kier molecular flexibility index (Phi) is 7.02. The summed E-state index contributed by atoms with van der Waals surface area (Å²) in [6.07, 6.45) is 2.58. The fourth-order valence-electron chi connectivity index (χ4n) is 3.18. The van der Waals surface area contributed by atoms with Crippen LogP contribution in [0.25, 0.3) is 0 Å². The van der Waals surface area contributed by atoms with Crippen LogP contribution >= 0.6 is 23.2 Å². The summed E-state index contributed by atoms with van der Waals surface area (Å²) in [5.74, 6) is -0.776. The van der Waals surface area contributed by atoms with Crippen LogP contribution in [0.1, 0.15) is 36.5 Å². The fraction of sp³-hybridized carbons (Fsp3) is 0.300. The third-order valence-electron chi connectivity index (χ3n) is 4.66. The molecule has 0 aromatic heterocycles. The third-order valence-corrected chi connectivity index (χ3v) is 7.36. The first kappa shape index (κ1) is 22.6. The molecule has 0 saturated carbocycles. The van der Waals surface area contributed by atoms with Gasteiger partial charge in [-0.15, -0.1) is 0 Å². The summed E-state index contributed by atoms with van der Waals surface area (Å²) in [6, 6.07) is 8.78. The Balaban J connectivity index is 1.84. The van der Waals surface area contributed by atoms with Gasteiger partial charge < -0.3 is 10.6 Å². The van der Waals surface area contributed by atoms with Gasteiger partial charge in [-0.3, -0.25) is 9.59 Å². The van der Waals surface area contributed by atoms with E-state index in [-0.39, 0.29) is 26.4 Å². The van der Waals surface area contributed by atoms with Crippen molar-refractivity contribution in [1.29, 1.82) is 0 Å². The van der Waals surface area contributed by atoms with Gasteiger partial charge in [0.25, 0.3) is 5.91 Å². The monoisotopic (exact) mass is 469 g/mol. The van der Waals surface area contributed by atoms with Crippen LogP contribution in [-0.2, 0) is 14.8 Å². The summed E-state index contributed by atoms with van der Waals surface area (Å²) in [4.78, 5) is 23.8. The second kappa shape index (κ2) is 9.34. The Bertz CT molecular complexity index is 1080. The minimum atomic E-state index is -3.79. The minimum absolute atomic E-state index is 0.0646. The molecule has 1 saturated heterocycles. The molecular weight excluding hydrogens is 449 g/mol. The maximum absolute atomic E-state index is 13.0. The number of hydrogen-bond acceptors (Lipinski definition) is 4. The van der Waals surface area contributed by atoms with Crippen LogP contribution in [-0.4, -0.2) is 37.6 Å². The molecule has 1 fully saturated rings. The molecule has 1 aliphatic rings. The zero-order valence-electron chi connectivity index (χ0n) is 16.2. The Morgan fingerprint density at radius 3 is 2.27 bits per heavy atom. The van der Waals surface area contributed by atoms with Crippen LogP contribution in [0.2, 0.25) is 10.0 Å². The van der Waals surface area contributed by atoms with Crippen LogP contribution in [0, 0.1) is 0 Å². The molecule has 0 bridgehead atoms. The van der Waals surface area contributed by atoms with Crippen molar-refractivity contribution in [1.82, 2.24) is 4.31 Å². The van der Waals surface area contributed by atoms with Gasteiger partial charge in [0, 0.05) is 31.3 Å². The lowest BCUT2D eigenvalue weighted by Crippen LogP contribution is -2.35. The summed E-state index contributed by atoms with van der Waals surface area (Å²) in [6.45, 7) is 2.25. The van der Waals surface area contributed by atoms with E-state index in [1.54, 1.807) is 12.1 Å². The average Bonchev–Trinajstić information content (AvgIpc) is 2.70. The van der Waals surface area contributed by atoms with Gasteiger partial charge in [0.2, 0.25) is 15.9 Å². The normalized spacial score (nSPS) is 14.9. The number of hydrogen-bond donors (Lipinski definition) is 2. The summed E-state index contributed by atoms with van der Waals surface area (Å²) in [5.41, 5.74) is 0.954. The molecule has 2 N–H and O–H groups in total. The zero-order valence-corrected chi connectivity index (χ0v) is 18.6. The van der Waals surface area contributed by atoms with Crippen molar-refractivity contribution in [3.8, 4) is 0 Å².